The first-order chi connectivity index (χ1) is 4.68. The average molecular weight is 144 g/mol. The Balaban J connectivity index is 3.94. The van der Waals surface area contributed by atoms with Crippen molar-refractivity contribution >= 4 is 0 Å². The monoisotopic (exact) mass is 144 g/mol. The summed E-state index contributed by atoms with van der Waals surface area (Å²) in [6.07, 6.45) is 1.62. The fourth-order valence-electron chi connectivity index (χ4n) is 0.780. The van der Waals surface area contributed by atoms with Gasteiger partial charge < -0.3 is 5.11 Å². The van der Waals surface area contributed by atoms with Crippen LogP contribution in [0.4, 0.5) is 0 Å². The summed E-state index contributed by atoms with van der Waals surface area (Å²) in [6.45, 7) is 4.23. The van der Waals surface area contributed by atoms with E-state index in [4.69, 9.17) is 5.11 Å². The van der Waals surface area contributed by atoms with Crippen LogP contribution in [0.1, 0.15) is 26.7 Å². The molecule has 0 fully saturated rings. The minimum absolute atomic E-state index is 0.149. The topological polar surface area (TPSA) is 45.0 Å². The number of rotatable bonds is 4. The Morgan fingerprint density at radius 1 is 1.50 bits per heavy atom. The SMILES string of the molecule is CCC(C)(CCO)N=NC. The van der Waals surface area contributed by atoms with Crippen LogP contribution in [0.5, 0.6) is 0 Å². The number of nitrogens with zero attached hydrogens (tertiary/aromatic N) is 2. The van der Waals surface area contributed by atoms with Crippen molar-refractivity contribution in [1.29, 1.82) is 0 Å². The van der Waals surface area contributed by atoms with E-state index in [2.05, 4.69) is 10.2 Å². The Bertz CT molecular complexity index is 114. The lowest BCUT2D eigenvalue weighted by Crippen LogP contribution is -2.21. The number of azo groups is 1. The van der Waals surface area contributed by atoms with Crippen LogP contribution >= 0.6 is 0 Å². The molecule has 0 bridgehead atoms. The second-order valence-electron chi connectivity index (χ2n) is 2.62. The summed E-state index contributed by atoms with van der Waals surface area (Å²) >= 11 is 0. The zero-order valence-corrected chi connectivity index (χ0v) is 6.96. The van der Waals surface area contributed by atoms with Gasteiger partial charge >= 0.3 is 0 Å². The third-order valence-electron chi connectivity index (χ3n) is 1.75. The highest BCUT2D eigenvalue weighted by Crippen LogP contribution is 2.19. The Hall–Kier alpha value is -0.440. The molecule has 0 saturated carbocycles. The Morgan fingerprint density at radius 2 is 2.10 bits per heavy atom. The normalized spacial score (nSPS) is 17.6. The van der Waals surface area contributed by atoms with Gasteiger partial charge in [-0.1, -0.05) is 6.92 Å². The average Bonchev–Trinajstić information content (AvgIpc) is 1.89. The molecular formula is C7H16N2O. The quantitative estimate of drug-likeness (QED) is 0.599. The van der Waals surface area contributed by atoms with Gasteiger partial charge in [-0.25, -0.2) is 0 Å². The number of aliphatic hydroxyl groups excluding tert-OH is 1. The van der Waals surface area contributed by atoms with E-state index in [1.807, 2.05) is 13.8 Å². The van der Waals surface area contributed by atoms with Crippen molar-refractivity contribution in [2.24, 2.45) is 10.2 Å². The van der Waals surface area contributed by atoms with Crippen molar-refractivity contribution in [1.82, 2.24) is 0 Å². The molecule has 0 aliphatic rings. The highest BCUT2D eigenvalue weighted by atomic mass is 16.3. The molecule has 1 atom stereocenters. The van der Waals surface area contributed by atoms with Crippen LogP contribution in [-0.4, -0.2) is 24.3 Å². The molecule has 0 saturated heterocycles. The fraction of sp³-hybridized carbons (Fsp3) is 1.00. The standard InChI is InChI=1S/C7H16N2O/c1-4-7(2,5-6-10)9-8-3/h10H,4-6H2,1-3H3. The van der Waals surface area contributed by atoms with Crippen LogP contribution in [0.25, 0.3) is 0 Å². The van der Waals surface area contributed by atoms with E-state index < -0.39 is 0 Å². The van der Waals surface area contributed by atoms with Crippen molar-refractivity contribution in [3.05, 3.63) is 0 Å². The number of hydrogen-bond donors (Lipinski definition) is 1. The molecule has 10 heavy (non-hydrogen) atoms. The molecule has 0 aromatic rings. The maximum atomic E-state index is 8.66. The molecular weight excluding hydrogens is 128 g/mol. The molecule has 1 unspecified atom stereocenters. The lowest BCUT2D eigenvalue weighted by molar-refractivity contribution is 0.240. The van der Waals surface area contributed by atoms with Crippen LogP contribution in [0.3, 0.4) is 0 Å². The molecule has 0 aliphatic heterocycles. The van der Waals surface area contributed by atoms with Crippen molar-refractivity contribution < 1.29 is 5.11 Å². The van der Waals surface area contributed by atoms with Gasteiger partial charge in [0.25, 0.3) is 0 Å². The smallest absolute Gasteiger partial charge is 0.0807 e. The van der Waals surface area contributed by atoms with Gasteiger partial charge in [-0.3, -0.25) is 0 Å². The first-order valence-electron chi connectivity index (χ1n) is 3.60. The zero-order chi connectivity index (χ0) is 8.04. The Labute approximate surface area is 62.2 Å². The lowest BCUT2D eigenvalue weighted by Gasteiger charge is -2.19. The second-order valence-corrected chi connectivity index (χ2v) is 2.62. The number of aliphatic hydroxyl groups is 1. The molecule has 0 spiro atoms. The van der Waals surface area contributed by atoms with Crippen molar-refractivity contribution in [2.45, 2.75) is 32.2 Å². The summed E-state index contributed by atoms with van der Waals surface area (Å²) in [5.74, 6) is 0. The predicted molar refractivity (Wildman–Crippen MR) is 41.2 cm³/mol. The van der Waals surface area contributed by atoms with Crippen molar-refractivity contribution in [3.63, 3.8) is 0 Å². The van der Waals surface area contributed by atoms with Gasteiger partial charge in [-0.05, 0) is 19.8 Å². The Kier molecular flexibility index (Phi) is 4.19. The van der Waals surface area contributed by atoms with Gasteiger partial charge in [-0.15, -0.1) is 0 Å². The predicted octanol–water partition coefficient (Wildman–Crippen LogP) is 1.62. The van der Waals surface area contributed by atoms with Gasteiger partial charge in [-0.2, -0.15) is 10.2 Å². The van der Waals surface area contributed by atoms with Crippen molar-refractivity contribution in [2.75, 3.05) is 13.7 Å². The summed E-state index contributed by atoms with van der Waals surface area (Å²) in [5, 5.41) is 16.4. The third kappa shape index (κ3) is 2.92. The largest absolute Gasteiger partial charge is 0.396 e. The van der Waals surface area contributed by atoms with Gasteiger partial charge in [0.2, 0.25) is 0 Å². The third-order valence-corrected chi connectivity index (χ3v) is 1.75. The summed E-state index contributed by atoms with van der Waals surface area (Å²) in [5.41, 5.74) is -0.149. The van der Waals surface area contributed by atoms with E-state index in [-0.39, 0.29) is 12.1 Å². The van der Waals surface area contributed by atoms with E-state index in [1.165, 1.54) is 0 Å². The number of hydrogen-bond acceptors (Lipinski definition) is 3. The first kappa shape index (κ1) is 9.56. The Morgan fingerprint density at radius 3 is 2.40 bits per heavy atom. The molecule has 0 rings (SSSR count). The van der Waals surface area contributed by atoms with Crippen LogP contribution in [0.15, 0.2) is 10.2 Å². The van der Waals surface area contributed by atoms with E-state index in [1.54, 1.807) is 7.05 Å². The van der Waals surface area contributed by atoms with E-state index in [0.29, 0.717) is 6.42 Å². The van der Waals surface area contributed by atoms with Crippen LogP contribution in [0.2, 0.25) is 0 Å². The van der Waals surface area contributed by atoms with Crippen molar-refractivity contribution in [3.8, 4) is 0 Å². The zero-order valence-electron chi connectivity index (χ0n) is 6.96. The van der Waals surface area contributed by atoms with E-state index >= 15 is 0 Å². The lowest BCUT2D eigenvalue weighted by atomic mass is 9.97. The molecule has 0 aromatic heterocycles. The highest BCUT2D eigenvalue weighted by molar-refractivity contribution is 4.78. The van der Waals surface area contributed by atoms with E-state index in [0.717, 1.165) is 6.42 Å². The van der Waals surface area contributed by atoms with Gasteiger partial charge in [0, 0.05) is 13.7 Å². The van der Waals surface area contributed by atoms with Gasteiger partial charge in [0.05, 0.1) is 5.54 Å². The molecule has 0 heterocycles. The van der Waals surface area contributed by atoms with Gasteiger partial charge in [0.1, 0.15) is 0 Å². The molecule has 3 nitrogen and oxygen atoms in total. The van der Waals surface area contributed by atoms with Crippen LogP contribution < -0.4 is 0 Å². The van der Waals surface area contributed by atoms with Crippen LogP contribution in [-0.2, 0) is 0 Å². The molecule has 0 radical (unpaired) electrons. The molecule has 0 aliphatic carbocycles. The first-order valence-corrected chi connectivity index (χ1v) is 3.60. The minimum Gasteiger partial charge on any atom is -0.396 e. The molecule has 3 heteroatoms. The van der Waals surface area contributed by atoms with E-state index in [9.17, 15) is 0 Å². The summed E-state index contributed by atoms with van der Waals surface area (Å²) in [4.78, 5) is 0. The summed E-state index contributed by atoms with van der Waals surface area (Å²) < 4.78 is 0. The second kappa shape index (κ2) is 4.39. The highest BCUT2D eigenvalue weighted by Gasteiger charge is 2.19. The molecule has 60 valence electrons. The summed E-state index contributed by atoms with van der Waals surface area (Å²) in [7, 11) is 1.66. The molecule has 0 aromatic carbocycles. The summed E-state index contributed by atoms with van der Waals surface area (Å²) in [6, 6.07) is 0. The van der Waals surface area contributed by atoms with Crippen LogP contribution in [0, 0.1) is 0 Å². The molecule has 1 N–H and O–H groups in total. The minimum atomic E-state index is -0.149. The fourth-order valence-corrected chi connectivity index (χ4v) is 0.780. The maximum absolute atomic E-state index is 8.66. The molecule has 0 amide bonds. The maximum Gasteiger partial charge on any atom is 0.0807 e. The van der Waals surface area contributed by atoms with Gasteiger partial charge in [0.15, 0.2) is 0 Å².